The fourth-order valence-electron chi connectivity index (χ4n) is 0.880. The Bertz CT molecular complexity index is 97.1. The third-order valence-corrected chi connectivity index (χ3v) is 1.49. The molecular weight excluding hydrogens is 182 g/mol. The highest BCUT2D eigenvalue weighted by Crippen LogP contribution is 2.04. The van der Waals surface area contributed by atoms with Gasteiger partial charge in [-0.3, -0.25) is 4.79 Å². The standard InChI is InChI=1S/C8H16O2.2Al.6H/c1-2-3-4-5-6-7-8(9)10;;;;;;;;/h2-7H2,1H3,(H,9,10);;;;;;;;. The molecule has 0 saturated heterocycles. The van der Waals surface area contributed by atoms with Crippen molar-refractivity contribution in [1.29, 1.82) is 0 Å². The molecule has 0 aliphatic carbocycles. The number of rotatable bonds is 6. The zero-order valence-electron chi connectivity index (χ0n) is 6.60. The van der Waals surface area contributed by atoms with Crippen LogP contribution in [0, 0.1) is 0 Å². The topological polar surface area (TPSA) is 37.3 Å². The van der Waals surface area contributed by atoms with Gasteiger partial charge < -0.3 is 5.11 Å². The molecule has 0 aromatic carbocycles. The fraction of sp³-hybridized carbons (Fsp3) is 0.875. The van der Waals surface area contributed by atoms with Crippen LogP contribution in [-0.4, -0.2) is 45.8 Å². The van der Waals surface area contributed by atoms with Gasteiger partial charge in [0.1, 0.15) is 0 Å². The summed E-state index contributed by atoms with van der Waals surface area (Å²) in [5.74, 6) is -0.670. The van der Waals surface area contributed by atoms with Crippen LogP contribution in [0.4, 0.5) is 0 Å². The van der Waals surface area contributed by atoms with Crippen LogP contribution in [-0.2, 0) is 4.79 Å². The molecule has 0 aliphatic heterocycles. The van der Waals surface area contributed by atoms with Crippen molar-refractivity contribution in [3.8, 4) is 0 Å². The van der Waals surface area contributed by atoms with Gasteiger partial charge in [-0.05, 0) is 6.42 Å². The maximum absolute atomic E-state index is 10.0. The maximum Gasteiger partial charge on any atom is 0.303 e. The minimum absolute atomic E-state index is 0. The van der Waals surface area contributed by atoms with Crippen LogP contribution in [0.15, 0.2) is 0 Å². The van der Waals surface area contributed by atoms with E-state index in [0.717, 1.165) is 12.8 Å². The van der Waals surface area contributed by atoms with Gasteiger partial charge in [0.25, 0.3) is 0 Å². The van der Waals surface area contributed by atoms with Gasteiger partial charge in [-0.1, -0.05) is 32.6 Å². The molecule has 0 aliphatic rings. The second-order valence-electron chi connectivity index (χ2n) is 2.56. The lowest BCUT2D eigenvalue weighted by atomic mass is 10.1. The highest BCUT2D eigenvalue weighted by molar-refractivity contribution is 5.76. The van der Waals surface area contributed by atoms with Crippen molar-refractivity contribution in [2.24, 2.45) is 0 Å². The molecular formula is C8H22Al2O2. The highest BCUT2D eigenvalue weighted by atomic mass is 27.0. The second kappa shape index (κ2) is 14.1. The van der Waals surface area contributed by atoms with Crippen molar-refractivity contribution in [2.75, 3.05) is 0 Å². The van der Waals surface area contributed by atoms with Crippen molar-refractivity contribution in [1.82, 2.24) is 0 Å². The fourth-order valence-corrected chi connectivity index (χ4v) is 0.880. The van der Waals surface area contributed by atoms with Crippen molar-refractivity contribution in [3.63, 3.8) is 0 Å². The Kier molecular flexibility index (Phi) is 21.5. The number of carboxylic acid groups (broad SMARTS) is 1. The summed E-state index contributed by atoms with van der Waals surface area (Å²) in [6.07, 6.45) is 5.88. The van der Waals surface area contributed by atoms with E-state index in [2.05, 4.69) is 6.92 Å². The molecule has 1 N–H and O–H groups in total. The highest BCUT2D eigenvalue weighted by Gasteiger charge is 1.94. The van der Waals surface area contributed by atoms with Gasteiger partial charge in [-0.15, -0.1) is 0 Å². The molecule has 0 amide bonds. The van der Waals surface area contributed by atoms with Gasteiger partial charge in [-0.2, -0.15) is 0 Å². The molecule has 0 bridgehead atoms. The van der Waals surface area contributed by atoms with Crippen molar-refractivity contribution in [3.05, 3.63) is 0 Å². The number of unbranched alkanes of at least 4 members (excludes halogenated alkanes) is 4. The lowest BCUT2D eigenvalue weighted by molar-refractivity contribution is -0.137. The monoisotopic (exact) mass is 204 g/mol. The van der Waals surface area contributed by atoms with Crippen LogP contribution in [0.1, 0.15) is 45.4 Å². The van der Waals surface area contributed by atoms with E-state index in [0.29, 0.717) is 6.42 Å². The van der Waals surface area contributed by atoms with E-state index in [-0.39, 0.29) is 34.7 Å². The van der Waals surface area contributed by atoms with Crippen LogP contribution in [0.5, 0.6) is 0 Å². The van der Waals surface area contributed by atoms with Crippen LogP contribution in [0.2, 0.25) is 0 Å². The zero-order valence-corrected chi connectivity index (χ0v) is 6.60. The molecule has 0 atom stereocenters. The summed E-state index contributed by atoms with van der Waals surface area (Å²) in [6, 6.07) is 0. The second-order valence-corrected chi connectivity index (χ2v) is 2.56. The van der Waals surface area contributed by atoms with Gasteiger partial charge in [0, 0.05) is 6.42 Å². The first-order valence-electron chi connectivity index (χ1n) is 3.99. The Morgan fingerprint density at radius 3 is 2.00 bits per heavy atom. The van der Waals surface area contributed by atoms with Crippen LogP contribution in [0.3, 0.4) is 0 Å². The summed E-state index contributed by atoms with van der Waals surface area (Å²) >= 11 is 0. The van der Waals surface area contributed by atoms with Gasteiger partial charge in [0.2, 0.25) is 0 Å². The van der Waals surface area contributed by atoms with E-state index >= 15 is 0 Å². The average molecular weight is 204 g/mol. The molecule has 0 spiro atoms. The molecule has 0 aromatic heterocycles. The molecule has 2 nitrogen and oxygen atoms in total. The summed E-state index contributed by atoms with van der Waals surface area (Å²) in [6.45, 7) is 2.15. The lowest BCUT2D eigenvalue weighted by Gasteiger charge is -1.95. The molecule has 0 unspecified atom stereocenters. The predicted molar refractivity (Wildman–Crippen MR) is 60.9 cm³/mol. The summed E-state index contributed by atoms with van der Waals surface area (Å²) in [4.78, 5) is 10.0. The van der Waals surface area contributed by atoms with E-state index in [1.165, 1.54) is 19.3 Å². The first-order valence-corrected chi connectivity index (χ1v) is 3.99. The normalized spacial score (nSPS) is 8.08. The third kappa shape index (κ3) is 16.9. The SMILES string of the molecule is CCCCCCCC(=O)O.[AlH3].[AlH3]. The third-order valence-electron chi connectivity index (χ3n) is 1.49. The summed E-state index contributed by atoms with van der Waals surface area (Å²) < 4.78 is 0. The van der Waals surface area contributed by atoms with E-state index in [4.69, 9.17) is 5.11 Å². The first-order chi connectivity index (χ1) is 4.77. The molecule has 0 radical (unpaired) electrons. The first kappa shape index (κ1) is 18.3. The minimum Gasteiger partial charge on any atom is -0.481 e. The van der Waals surface area contributed by atoms with E-state index in [1.54, 1.807) is 0 Å². The van der Waals surface area contributed by atoms with E-state index in [9.17, 15) is 4.79 Å². The summed E-state index contributed by atoms with van der Waals surface area (Å²) in [5, 5.41) is 8.27. The maximum atomic E-state index is 10.0. The Morgan fingerprint density at radius 2 is 1.58 bits per heavy atom. The lowest BCUT2D eigenvalue weighted by Crippen LogP contribution is -1.93. The Balaban J connectivity index is -0.000000405. The van der Waals surface area contributed by atoms with Crippen molar-refractivity contribution >= 4 is 40.7 Å². The molecule has 0 rings (SSSR count). The average Bonchev–Trinajstić information content (AvgIpc) is 1.87. The zero-order chi connectivity index (χ0) is 7.82. The molecule has 0 fully saturated rings. The minimum atomic E-state index is -0.670. The Labute approximate surface area is 96.0 Å². The van der Waals surface area contributed by atoms with Crippen molar-refractivity contribution < 1.29 is 9.90 Å². The number of hydrogen-bond donors (Lipinski definition) is 1. The van der Waals surface area contributed by atoms with E-state index < -0.39 is 5.97 Å². The largest absolute Gasteiger partial charge is 0.481 e. The van der Waals surface area contributed by atoms with Gasteiger partial charge >= 0.3 is 5.97 Å². The van der Waals surface area contributed by atoms with Gasteiger partial charge in [0.15, 0.2) is 34.7 Å². The molecule has 0 aromatic rings. The molecule has 0 saturated carbocycles. The molecule has 4 heteroatoms. The quantitative estimate of drug-likeness (QED) is 0.491. The van der Waals surface area contributed by atoms with E-state index in [1.807, 2.05) is 0 Å². The van der Waals surface area contributed by atoms with Crippen LogP contribution >= 0.6 is 0 Å². The Hall–Kier alpha value is 0.535. The summed E-state index contributed by atoms with van der Waals surface area (Å²) in [7, 11) is 0. The van der Waals surface area contributed by atoms with Gasteiger partial charge in [-0.25, -0.2) is 0 Å². The molecule has 72 valence electrons. The summed E-state index contributed by atoms with van der Waals surface area (Å²) in [5.41, 5.74) is 0. The number of aliphatic carboxylic acids is 1. The van der Waals surface area contributed by atoms with Crippen molar-refractivity contribution in [2.45, 2.75) is 45.4 Å². The number of carboxylic acids is 1. The molecule has 0 heterocycles. The molecule has 12 heavy (non-hydrogen) atoms. The number of carbonyl (C=O) groups is 1. The van der Waals surface area contributed by atoms with Crippen LogP contribution < -0.4 is 0 Å². The number of hydrogen-bond acceptors (Lipinski definition) is 1. The predicted octanol–water partition coefficient (Wildman–Crippen LogP) is 0.0637. The Morgan fingerprint density at radius 1 is 1.08 bits per heavy atom. The van der Waals surface area contributed by atoms with Crippen LogP contribution in [0.25, 0.3) is 0 Å². The van der Waals surface area contributed by atoms with Gasteiger partial charge in [0.05, 0.1) is 0 Å². The smallest absolute Gasteiger partial charge is 0.303 e.